The maximum atomic E-state index is 12.9. The summed E-state index contributed by atoms with van der Waals surface area (Å²) >= 11 is 0. The zero-order chi connectivity index (χ0) is 16.9. The summed E-state index contributed by atoms with van der Waals surface area (Å²) in [5.74, 6) is -0.770. The van der Waals surface area contributed by atoms with Crippen LogP contribution >= 0.6 is 0 Å². The standard InChI is InChI=1S/C19H19FN2O2/c20-17-8-6-14(7-9-17)11-21-19(24)16-10-18(23)22(13-16)12-15-4-2-1-3-5-15/h1-9,16H,10-13H2,(H,21,24)/t16-/m0/s1. The van der Waals surface area contributed by atoms with Gasteiger partial charge in [0.25, 0.3) is 0 Å². The molecular weight excluding hydrogens is 307 g/mol. The van der Waals surface area contributed by atoms with Crippen molar-refractivity contribution >= 4 is 11.8 Å². The molecular formula is C19H19FN2O2. The van der Waals surface area contributed by atoms with Gasteiger partial charge in [0.05, 0.1) is 5.92 Å². The zero-order valence-electron chi connectivity index (χ0n) is 13.2. The second kappa shape index (κ2) is 7.25. The van der Waals surface area contributed by atoms with Crippen molar-refractivity contribution in [3.63, 3.8) is 0 Å². The van der Waals surface area contributed by atoms with Gasteiger partial charge in [-0.1, -0.05) is 42.5 Å². The summed E-state index contributed by atoms with van der Waals surface area (Å²) in [5, 5.41) is 2.83. The van der Waals surface area contributed by atoms with E-state index >= 15 is 0 Å². The maximum absolute atomic E-state index is 12.9. The highest BCUT2D eigenvalue weighted by Gasteiger charge is 2.33. The van der Waals surface area contributed by atoms with Gasteiger partial charge < -0.3 is 10.2 Å². The number of carbonyl (C=O) groups is 2. The first-order valence-electron chi connectivity index (χ1n) is 7.95. The quantitative estimate of drug-likeness (QED) is 0.918. The smallest absolute Gasteiger partial charge is 0.225 e. The van der Waals surface area contributed by atoms with Gasteiger partial charge in [-0.3, -0.25) is 9.59 Å². The molecule has 24 heavy (non-hydrogen) atoms. The lowest BCUT2D eigenvalue weighted by Crippen LogP contribution is -2.32. The molecule has 1 N–H and O–H groups in total. The van der Waals surface area contributed by atoms with Crippen molar-refractivity contribution in [2.75, 3.05) is 6.54 Å². The van der Waals surface area contributed by atoms with Crippen LogP contribution in [0, 0.1) is 11.7 Å². The third-order valence-corrected chi connectivity index (χ3v) is 4.18. The van der Waals surface area contributed by atoms with Gasteiger partial charge in [-0.05, 0) is 23.3 Å². The summed E-state index contributed by atoms with van der Waals surface area (Å²) in [4.78, 5) is 26.1. The van der Waals surface area contributed by atoms with Crippen molar-refractivity contribution in [2.24, 2.45) is 5.92 Å². The van der Waals surface area contributed by atoms with E-state index in [1.54, 1.807) is 17.0 Å². The summed E-state index contributed by atoms with van der Waals surface area (Å²) in [6.07, 6.45) is 0.238. The predicted octanol–water partition coefficient (Wildman–Crippen LogP) is 2.49. The molecule has 0 bridgehead atoms. The van der Waals surface area contributed by atoms with Crippen molar-refractivity contribution in [2.45, 2.75) is 19.5 Å². The summed E-state index contributed by atoms with van der Waals surface area (Å²) in [6.45, 7) is 1.30. The van der Waals surface area contributed by atoms with E-state index in [2.05, 4.69) is 5.32 Å². The minimum atomic E-state index is -0.332. The molecule has 124 valence electrons. The van der Waals surface area contributed by atoms with Crippen LogP contribution in [0.3, 0.4) is 0 Å². The number of nitrogens with one attached hydrogen (secondary N) is 1. The number of halogens is 1. The Morgan fingerprint density at radius 2 is 1.79 bits per heavy atom. The number of nitrogens with zero attached hydrogens (tertiary/aromatic N) is 1. The van der Waals surface area contributed by atoms with Gasteiger partial charge in [0, 0.05) is 26.1 Å². The Morgan fingerprint density at radius 3 is 2.50 bits per heavy atom. The molecule has 1 saturated heterocycles. The molecule has 3 rings (SSSR count). The first kappa shape index (κ1) is 16.2. The third kappa shape index (κ3) is 3.98. The Hall–Kier alpha value is -2.69. The van der Waals surface area contributed by atoms with Crippen molar-refractivity contribution in [3.05, 3.63) is 71.5 Å². The van der Waals surface area contributed by atoms with E-state index in [-0.39, 0.29) is 30.0 Å². The minimum Gasteiger partial charge on any atom is -0.352 e. The highest BCUT2D eigenvalue weighted by molar-refractivity contribution is 5.89. The topological polar surface area (TPSA) is 49.4 Å². The van der Waals surface area contributed by atoms with Crippen LogP contribution in [-0.4, -0.2) is 23.3 Å². The molecule has 2 amide bonds. The van der Waals surface area contributed by atoms with Crippen molar-refractivity contribution in [3.8, 4) is 0 Å². The van der Waals surface area contributed by atoms with Crippen LogP contribution < -0.4 is 5.32 Å². The number of likely N-dealkylation sites (tertiary alicyclic amines) is 1. The Kier molecular flexibility index (Phi) is 4.89. The van der Waals surface area contributed by atoms with Crippen molar-refractivity contribution < 1.29 is 14.0 Å². The minimum absolute atomic E-state index is 0.000727. The predicted molar refractivity (Wildman–Crippen MR) is 88.2 cm³/mol. The van der Waals surface area contributed by atoms with Gasteiger partial charge in [-0.25, -0.2) is 4.39 Å². The summed E-state index contributed by atoms with van der Waals surface area (Å²) in [5.41, 5.74) is 1.88. The number of hydrogen-bond acceptors (Lipinski definition) is 2. The Morgan fingerprint density at radius 1 is 1.08 bits per heavy atom. The summed E-state index contributed by atoms with van der Waals surface area (Å²) < 4.78 is 12.9. The van der Waals surface area contributed by atoms with Crippen molar-refractivity contribution in [1.82, 2.24) is 10.2 Å². The van der Waals surface area contributed by atoms with E-state index in [9.17, 15) is 14.0 Å². The SMILES string of the molecule is O=C(NCc1ccc(F)cc1)[C@H]1CC(=O)N(Cc2ccccc2)C1. The number of benzene rings is 2. The third-order valence-electron chi connectivity index (χ3n) is 4.18. The molecule has 0 spiro atoms. The van der Waals surface area contributed by atoms with Gasteiger partial charge in [0.1, 0.15) is 5.82 Å². The van der Waals surface area contributed by atoms with Crippen LogP contribution in [0.4, 0.5) is 4.39 Å². The van der Waals surface area contributed by atoms with Gasteiger partial charge in [-0.15, -0.1) is 0 Å². The Balaban J connectivity index is 1.53. The van der Waals surface area contributed by atoms with Crippen LogP contribution in [0.25, 0.3) is 0 Å². The van der Waals surface area contributed by atoms with Crippen LogP contribution in [0.15, 0.2) is 54.6 Å². The molecule has 1 fully saturated rings. The molecule has 1 heterocycles. The average molecular weight is 326 g/mol. The van der Waals surface area contributed by atoms with E-state index in [1.807, 2.05) is 30.3 Å². The molecule has 0 aliphatic carbocycles. The molecule has 1 aliphatic rings. The van der Waals surface area contributed by atoms with Crippen LogP contribution in [0.5, 0.6) is 0 Å². The van der Waals surface area contributed by atoms with E-state index in [0.717, 1.165) is 11.1 Å². The van der Waals surface area contributed by atoms with Crippen LogP contribution in [0.2, 0.25) is 0 Å². The van der Waals surface area contributed by atoms with Gasteiger partial charge in [-0.2, -0.15) is 0 Å². The van der Waals surface area contributed by atoms with Crippen LogP contribution in [-0.2, 0) is 22.7 Å². The van der Waals surface area contributed by atoms with E-state index in [4.69, 9.17) is 0 Å². The van der Waals surface area contributed by atoms with E-state index in [0.29, 0.717) is 19.6 Å². The number of amides is 2. The van der Waals surface area contributed by atoms with Gasteiger partial charge in [0.2, 0.25) is 11.8 Å². The lowest BCUT2D eigenvalue weighted by molar-refractivity contribution is -0.129. The molecule has 0 unspecified atom stereocenters. The van der Waals surface area contributed by atoms with Gasteiger partial charge in [0.15, 0.2) is 0 Å². The summed E-state index contributed by atoms with van der Waals surface area (Å²) in [7, 11) is 0. The number of hydrogen-bond donors (Lipinski definition) is 1. The maximum Gasteiger partial charge on any atom is 0.225 e. The van der Waals surface area contributed by atoms with E-state index < -0.39 is 0 Å². The largest absolute Gasteiger partial charge is 0.352 e. The molecule has 5 heteroatoms. The fraction of sp³-hybridized carbons (Fsp3) is 0.263. The highest BCUT2D eigenvalue weighted by Crippen LogP contribution is 2.20. The summed E-state index contributed by atoms with van der Waals surface area (Å²) in [6, 6.07) is 15.7. The molecule has 4 nitrogen and oxygen atoms in total. The highest BCUT2D eigenvalue weighted by atomic mass is 19.1. The fourth-order valence-electron chi connectivity index (χ4n) is 2.84. The molecule has 1 atom stereocenters. The second-order valence-electron chi connectivity index (χ2n) is 6.01. The molecule has 0 aromatic heterocycles. The fourth-order valence-corrected chi connectivity index (χ4v) is 2.84. The lowest BCUT2D eigenvalue weighted by Gasteiger charge is -2.16. The molecule has 0 radical (unpaired) electrons. The Bertz CT molecular complexity index is 716. The first-order chi connectivity index (χ1) is 11.6. The van der Waals surface area contributed by atoms with Gasteiger partial charge >= 0.3 is 0 Å². The average Bonchev–Trinajstić information content (AvgIpc) is 2.96. The zero-order valence-corrected chi connectivity index (χ0v) is 13.2. The number of rotatable bonds is 5. The molecule has 2 aromatic rings. The first-order valence-corrected chi connectivity index (χ1v) is 7.95. The molecule has 2 aromatic carbocycles. The number of carbonyl (C=O) groups excluding carboxylic acids is 2. The van der Waals surface area contributed by atoms with E-state index in [1.165, 1.54) is 12.1 Å². The normalized spacial score (nSPS) is 17.1. The lowest BCUT2D eigenvalue weighted by atomic mass is 10.1. The monoisotopic (exact) mass is 326 g/mol. The van der Waals surface area contributed by atoms with Crippen LogP contribution in [0.1, 0.15) is 17.5 Å². The second-order valence-corrected chi connectivity index (χ2v) is 6.01. The molecule has 1 aliphatic heterocycles. The Labute approximate surface area is 140 Å². The van der Waals surface area contributed by atoms with Crippen molar-refractivity contribution in [1.29, 1.82) is 0 Å². The molecule has 0 saturated carbocycles.